The van der Waals surface area contributed by atoms with Gasteiger partial charge in [0.15, 0.2) is 0 Å². The van der Waals surface area contributed by atoms with E-state index in [0.717, 1.165) is 24.1 Å². The minimum atomic E-state index is -0.640. The Kier molecular flexibility index (Phi) is 5.11. The van der Waals surface area contributed by atoms with Crippen LogP contribution in [0.5, 0.6) is 5.75 Å². The molecule has 0 saturated heterocycles. The zero-order valence-corrected chi connectivity index (χ0v) is 14.9. The third-order valence-corrected chi connectivity index (χ3v) is 4.30. The van der Waals surface area contributed by atoms with Crippen LogP contribution in [0.25, 0.3) is 0 Å². The van der Waals surface area contributed by atoms with E-state index in [1.54, 1.807) is 13.0 Å². The molecule has 1 aliphatic heterocycles. The number of nitrogens with two attached hydrogens (primary N) is 1. The highest BCUT2D eigenvalue weighted by Crippen LogP contribution is 2.40. The van der Waals surface area contributed by atoms with Crippen molar-refractivity contribution in [1.29, 1.82) is 0 Å². The number of nitrogens with one attached hydrogen (secondary N) is 1. The third-order valence-electron chi connectivity index (χ3n) is 4.30. The normalized spacial score (nSPS) is 16.0. The molecular formula is C20H22N2O4. The van der Waals surface area contributed by atoms with Crippen LogP contribution >= 0.6 is 0 Å². The summed E-state index contributed by atoms with van der Waals surface area (Å²) in [5.74, 6) is -0.866. The molecular weight excluding hydrogens is 332 g/mol. The zero-order valence-electron chi connectivity index (χ0n) is 14.9. The summed E-state index contributed by atoms with van der Waals surface area (Å²) in [7, 11) is 0. The molecule has 2 aromatic rings. The van der Waals surface area contributed by atoms with Crippen molar-refractivity contribution in [2.45, 2.75) is 32.6 Å². The van der Waals surface area contributed by atoms with Crippen molar-refractivity contribution < 1.29 is 14.3 Å². The van der Waals surface area contributed by atoms with Gasteiger partial charge in [-0.2, -0.15) is 0 Å². The standard InChI is InChI=1S/C20H22N2O4/c1-3-8-13-11-14-16(19(23)22-13)15(12-9-6-5-7-10-12)17(18(21)26-14)20(24)25-4-2/h5-7,9-11,15H,3-4,8,21H2,1-2H3,(H,22,23). The van der Waals surface area contributed by atoms with Crippen LogP contribution in [0.2, 0.25) is 0 Å². The molecule has 6 nitrogen and oxygen atoms in total. The summed E-state index contributed by atoms with van der Waals surface area (Å²) in [6.45, 7) is 3.95. The first kappa shape index (κ1) is 17.8. The van der Waals surface area contributed by atoms with Gasteiger partial charge in [-0.1, -0.05) is 43.7 Å². The molecule has 3 rings (SSSR count). The van der Waals surface area contributed by atoms with Gasteiger partial charge in [0.05, 0.1) is 18.1 Å². The second kappa shape index (κ2) is 7.47. The number of carbonyl (C=O) groups excluding carboxylic acids is 1. The molecule has 0 saturated carbocycles. The summed E-state index contributed by atoms with van der Waals surface area (Å²) in [6.07, 6.45) is 1.60. The van der Waals surface area contributed by atoms with Crippen molar-refractivity contribution in [2.24, 2.45) is 5.73 Å². The first-order valence-electron chi connectivity index (χ1n) is 8.72. The number of carbonyl (C=O) groups is 1. The lowest BCUT2D eigenvalue weighted by Gasteiger charge is -2.28. The molecule has 3 N–H and O–H groups in total. The number of fused-ring (bicyclic) bond motifs is 1. The van der Waals surface area contributed by atoms with Crippen molar-refractivity contribution in [2.75, 3.05) is 6.61 Å². The number of hydrogen-bond donors (Lipinski definition) is 2. The Morgan fingerprint density at radius 1 is 1.27 bits per heavy atom. The van der Waals surface area contributed by atoms with E-state index in [9.17, 15) is 9.59 Å². The van der Waals surface area contributed by atoms with E-state index in [1.807, 2.05) is 37.3 Å². The number of aryl methyl sites for hydroxylation is 1. The highest BCUT2D eigenvalue weighted by Gasteiger charge is 2.37. The van der Waals surface area contributed by atoms with Gasteiger partial charge in [0.2, 0.25) is 5.88 Å². The Balaban J connectivity index is 2.22. The number of esters is 1. The fraction of sp³-hybridized carbons (Fsp3) is 0.300. The van der Waals surface area contributed by atoms with E-state index < -0.39 is 11.9 Å². The maximum Gasteiger partial charge on any atom is 0.340 e. The van der Waals surface area contributed by atoms with E-state index in [1.165, 1.54) is 0 Å². The number of H-pyrrole nitrogens is 1. The lowest BCUT2D eigenvalue weighted by molar-refractivity contribution is -0.139. The minimum absolute atomic E-state index is 0.0298. The molecule has 136 valence electrons. The SMILES string of the molecule is CCCc1cc2c(c(=O)[nH]1)C(c1ccccc1)C(C(=O)OCC)=C(N)O2. The van der Waals surface area contributed by atoms with Crippen LogP contribution in [0.1, 0.15) is 43.0 Å². The summed E-state index contributed by atoms with van der Waals surface area (Å²) in [5.41, 5.74) is 7.86. The Bertz CT molecular complexity index is 900. The van der Waals surface area contributed by atoms with E-state index in [0.29, 0.717) is 11.3 Å². The predicted molar refractivity (Wildman–Crippen MR) is 97.8 cm³/mol. The summed E-state index contributed by atoms with van der Waals surface area (Å²) < 4.78 is 10.8. The summed E-state index contributed by atoms with van der Waals surface area (Å²) in [4.78, 5) is 28.2. The maximum atomic E-state index is 12.8. The number of rotatable bonds is 5. The van der Waals surface area contributed by atoms with E-state index in [-0.39, 0.29) is 23.6 Å². The summed E-state index contributed by atoms with van der Waals surface area (Å²) in [5, 5.41) is 0. The highest BCUT2D eigenvalue weighted by atomic mass is 16.5. The smallest absolute Gasteiger partial charge is 0.340 e. The van der Waals surface area contributed by atoms with Crippen LogP contribution in [0.4, 0.5) is 0 Å². The van der Waals surface area contributed by atoms with Crippen molar-refractivity contribution >= 4 is 5.97 Å². The lowest BCUT2D eigenvalue weighted by Crippen LogP contribution is -2.32. The average Bonchev–Trinajstić information content (AvgIpc) is 2.61. The van der Waals surface area contributed by atoms with Gasteiger partial charge in [-0.25, -0.2) is 4.79 Å². The monoisotopic (exact) mass is 354 g/mol. The number of aromatic amines is 1. The number of ether oxygens (including phenoxy) is 2. The van der Waals surface area contributed by atoms with Gasteiger partial charge in [-0.05, 0) is 18.9 Å². The zero-order chi connectivity index (χ0) is 18.7. The molecule has 0 aliphatic carbocycles. The number of pyridine rings is 1. The number of aromatic nitrogens is 1. The first-order valence-corrected chi connectivity index (χ1v) is 8.72. The average molecular weight is 354 g/mol. The lowest BCUT2D eigenvalue weighted by atomic mass is 9.83. The molecule has 6 heteroatoms. The van der Waals surface area contributed by atoms with E-state index in [4.69, 9.17) is 15.2 Å². The fourth-order valence-electron chi connectivity index (χ4n) is 3.23. The quantitative estimate of drug-likeness (QED) is 0.805. The molecule has 2 heterocycles. The molecule has 1 aromatic heterocycles. The molecule has 0 fully saturated rings. The van der Waals surface area contributed by atoms with Crippen LogP contribution < -0.4 is 16.0 Å². The van der Waals surface area contributed by atoms with Gasteiger partial charge in [0.1, 0.15) is 11.3 Å². The van der Waals surface area contributed by atoms with Gasteiger partial charge in [0, 0.05) is 11.8 Å². The fourth-order valence-corrected chi connectivity index (χ4v) is 3.23. The van der Waals surface area contributed by atoms with Crippen LogP contribution in [0.3, 0.4) is 0 Å². The van der Waals surface area contributed by atoms with Gasteiger partial charge in [-0.15, -0.1) is 0 Å². The summed E-state index contributed by atoms with van der Waals surface area (Å²) >= 11 is 0. The van der Waals surface area contributed by atoms with Crippen LogP contribution in [-0.4, -0.2) is 17.6 Å². The Morgan fingerprint density at radius 3 is 2.65 bits per heavy atom. The number of hydrogen-bond acceptors (Lipinski definition) is 5. The molecule has 0 radical (unpaired) electrons. The predicted octanol–water partition coefficient (Wildman–Crippen LogP) is 2.59. The van der Waals surface area contributed by atoms with Crippen LogP contribution in [-0.2, 0) is 16.0 Å². The topological polar surface area (TPSA) is 94.4 Å². The molecule has 1 atom stereocenters. The molecule has 0 bridgehead atoms. The highest BCUT2D eigenvalue weighted by molar-refractivity contribution is 5.92. The van der Waals surface area contributed by atoms with E-state index >= 15 is 0 Å². The van der Waals surface area contributed by atoms with Crippen LogP contribution in [0.15, 0.2) is 52.6 Å². The summed E-state index contributed by atoms with van der Waals surface area (Å²) in [6, 6.07) is 11.1. The molecule has 1 unspecified atom stereocenters. The Morgan fingerprint density at radius 2 is 2.00 bits per heavy atom. The van der Waals surface area contributed by atoms with Gasteiger partial charge in [-0.3, -0.25) is 4.79 Å². The van der Waals surface area contributed by atoms with Crippen molar-refractivity contribution in [3.8, 4) is 5.75 Å². The Hall–Kier alpha value is -3.02. The van der Waals surface area contributed by atoms with Gasteiger partial charge >= 0.3 is 5.97 Å². The van der Waals surface area contributed by atoms with Crippen molar-refractivity contribution in [3.63, 3.8) is 0 Å². The van der Waals surface area contributed by atoms with Gasteiger partial charge < -0.3 is 20.2 Å². The van der Waals surface area contributed by atoms with Crippen LogP contribution in [0, 0.1) is 0 Å². The maximum absolute atomic E-state index is 12.8. The third kappa shape index (κ3) is 3.22. The second-order valence-corrected chi connectivity index (χ2v) is 6.10. The second-order valence-electron chi connectivity index (χ2n) is 6.10. The van der Waals surface area contributed by atoms with Gasteiger partial charge in [0.25, 0.3) is 5.56 Å². The molecule has 0 spiro atoms. The number of benzene rings is 1. The molecule has 0 amide bonds. The van der Waals surface area contributed by atoms with Crippen molar-refractivity contribution in [3.05, 3.63) is 75.0 Å². The molecule has 26 heavy (non-hydrogen) atoms. The van der Waals surface area contributed by atoms with Crippen molar-refractivity contribution in [1.82, 2.24) is 4.98 Å². The largest absolute Gasteiger partial charge is 0.462 e. The molecule has 1 aliphatic rings. The molecule has 1 aromatic carbocycles. The van der Waals surface area contributed by atoms with E-state index in [2.05, 4.69) is 4.98 Å². The Labute approximate surface area is 151 Å². The minimum Gasteiger partial charge on any atom is -0.462 e. The first-order chi connectivity index (χ1) is 12.6.